The summed E-state index contributed by atoms with van der Waals surface area (Å²) >= 11 is 0. The van der Waals surface area contributed by atoms with Gasteiger partial charge < -0.3 is 20.0 Å². The molecule has 40 heavy (non-hydrogen) atoms. The zero-order valence-corrected chi connectivity index (χ0v) is 27.1. The van der Waals surface area contributed by atoms with Crippen LogP contribution in [0.1, 0.15) is 103 Å². The molecule has 0 unspecified atom stereocenters. The minimum Gasteiger partial charge on any atom is -0.507 e. The maximum atomic E-state index is 11.1. The predicted molar refractivity (Wildman–Crippen MR) is 172 cm³/mol. The minimum absolute atomic E-state index is 0.0377. The second kappa shape index (κ2) is 13.8. The van der Waals surface area contributed by atoms with E-state index in [9.17, 15) is 10.2 Å². The lowest BCUT2D eigenvalue weighted by molar-refractivity contribution is 0.243. The number of nitrogens with zero attached hydrogens (tertiary/aromatic N) is 4. The summed E-state index contributed by atoms with van der Waals surface area (Å²) in [5.74, 6) is 0.606. The Morgan fingerprint density at radius 3 is 1.25 bits per heavy atom. The van der Waals surface area contributed by atoms with Crippen molar-refractivity contribution < 1.29 is 10.2 Å². The van der Waals surface area contributed by atoms with Crippen molar-refractivity contribution in [3.8, 4) is 11.5 Å². The van der Waals surface area contributed by atoms with E-state index in [2.05, 4.69) is 99.7 Å². The molecule has 0 saturated carbocycles. The number of aromatic hydroxyl groups is 2. The van der Waals surface area contributed by atoms with Crippen molar-refractivity contribution in [3.05, 3.63) is 57.6 Å². The molecule has 0 fully saturated rings. The highest BCUT2D eigenvalue weighted by Crippen LogP contribution is 2.32. The van der Waals surface area contributed by atoms with Gasteiger partial charge in [-0.3, -0.25) is 9.98 Å². The van der Waals surface area contributed by atoms with Gasteiger partial charge >= 0.3 is 0 Å². The van der Waals surface area contributed by atoms with Crippen LogP contribution in [-0.2, 0) is 23.9 Å². The molecule has 0 aromatic heterocycles. The van der Waals surface area contributed by atoms with Crippen LogP contribution >= 0.6 is 0 Å². The molecule has 2 aromatic rings. The first-order chi connectivity index (χ1) is 18.4. The van der Waals surface area contributed by atoms with Crippen LogP contribution in [-0.4, -0.2) is 71.7 Å². The molecule has 2 N–H and O–H groups in total. The van der Waals surface area contributed by atoms with Crippen LogP contribution in [0.5, 0.6) is 11.5 Å². The van der Waals surface area contributed by atoms with Gasteiger partial charge in [-0.2, -0.15) is 0 Å². The van der Waals surface area contributed by atoms with Crippen molar-refractivity contribution in [2.45, 2.75) is 105 Å². The van der Waals surface area contributed by atoms with Crippen molar-refractivity contribution in [1.82, 2.24) is 9.80 Å². The highest BCUT2D eigenvalue weighted by Gasteiger charge is 2.21. The first kappa shape index (κ1) is 33.5. The Bertz CT molecular complexity index is 1090. The Hall–Kier alpha value is -2.70. The van der Waals surface area contributed by atoms with Crippen LogP contribution in [0.4, 0.5) is 0 Å². The van der Waals surface area contributed by atoms with E-state index >= 15 is 0 Å². The Balaban J connectivity index is 2.20. The van der Waals surface area contributed by atoms with Gasteiger partial charge in [0.15, 0.2) is 0 Å². The van der Waals surface area contributed by atoms with Gasteiger partial charge in [0.1, 0.15) is 11.5 Å². The van der Waals surface area contributed by atoms with E-state index < -0.39 is 0 Å². The third-order valence-corrected chi connectivity index (χ3v) is 6.94. The van der Waals surface area contributed by atoms with Gasteiger partial charge in [-0.05, 0) is 75.9 Å². The standard InChI is InChI=1S/C34H54N4O2/c1-23(2)35-19-25-15-29(33(5,6)7)17-27(31(25)39)21-37(11)13-14-38(12)22-28-18-30(34(8,9)10)16-26(32(28)40)20-36-24(3)4/h15-20,23-24,39-40H,13-14,21-22H2,1-12H3. The molecule has 0 aliphatic heterocycles. The second-order valence-corrected chi connectivity index (χ2v) is 13.9. The molecule has 0 bridgehead atoms. The van der Waals surface area contributed by atoms with Crippen molar-refractivity contribution in [2.75, 3.05) is 27.2 Å². The lowest BCUT2D eigenvalue weighted by Gasteiger charge is -2.26. The van der Waals surface area contributed by atoms with Crippen molar-refractivity contribution in [3.63, 3.8) is 0 Å². The SMILES string of the molecule is CC(C)N=Cc1cc(C(C)(C)C)cc(CN(C)CCN(C)Cc2cc(C(C)(C)C)cc(C=NC(C)C)c2O)c1O. The van der Waals surface area contributed by atoms with Gasteiger partial charge in [-0.15, -0.1) is 0 Å². The first-order valence-electron chi connectivity index (χ1n) is 14.5. The average molecular weight is 551 g/mol. The highest BCUT2D eigenvalue weighted by molar-refractivity contribution is 5.85. The van der Waals surface area contributed by atoms with Crippen LogP contribution in [0.15, 0.2) is 34.3 Å². The van der Waals surface area contributed by atoms with E-state index in [1.54, 1.807) is 12.4 Å². The molecule has 2 aromatic carbocycles. The van der Waals surface area contributed by atoms with Crippen molar-refractivity contribution in [2.24, 2.45) is 9.98 Å². The van der Waals surface area contributed by atoms with Gasteiger partial charge in [-0.25, -0.2) is 0 Å². The van der Waals surface area contributed by atoms with E-state index in [-0.39, 0.29) is 22.9 Å². The number of hydrogen-bond acceptors (Lipinski definition) is 6. The maximum Gasteiger partial charge on any atom is 0.128 e. The van der Waals surface area contributed by atoms with Crippen LogP contribution in [0, 0.1) is 0 Å². The molecule has 0 spiro atoms. The van der Waals surface area contributed by atoms with E-state index in [1.807, 2.05) is 27.7 Å². The third kappa shape index (κ3) is 10.0. The molecule has 0 aliphatic rings. The number of phenolic OH excluding ortho intramolecular Hbond substituents is 2. The normalized spacial score (nSPS) is 13.3. The molecule has 0 atom stereocenters. The lowest BCUT2D eigenvalue weighted by atomic mass is 9.84. The van der Waals surface area contributed by atoms with Crippen LogP contribution in [0.2, 0.25) is 0 Å². The number of rotatable bonds is 11. The smallest absolute Gasteiger partial charge is 0.128 e. The summed E-state index contributed by atoms with van der Waals surface area (Å²) < 4.78 is 0. The summed E-state index contributed by atoms with van der Waals surface area (Å²) in [4.78, 5) is 13.5. The first-order valence-corrected chi connectivity index (χ1v) is 14.5. The van der Waals surface area contributed by atoms with E-state index in [0.717, 1.165) is 35.3 Å². The summed E-state index contributed by atoms with van der Waals surface area (Å²) in [7, 11) is 4.16. The molecule has 2 rings (SSSR count). The molecular formula is C34H54N4O2. The topological polar surface area (TPSA) is 71.7 Å². The summed E-state index contributed by atoms with van der Waals surface area (Å²) in [6.45, 7) is 24.2. The largest absolute Gasteiger partial charge is 0.507 e. The average Bonchev–Trinajstić information content (AvgIpc) is 2.82. The fourth-order valence-corrected chi connectivity index (χ4v) is 4.28. The molecular weight excluding hydrogens is 496 g/mol. The molecule has 0 radical (unpaired) electrons. The molecule has 0 saturated heterocycles. The minimum atomic E-state index is -0.0377. The third-order valence-electron chi connectivity index (χ3n) is 6.94. The maximum absolute atomic E-state index is 11.1. The monoisotopic (exact) mass is 550 g/mol. The van der Waals surface area contributed by atoms with Gasteiger partial charge in [-0.1, -0.05) is 53.7 Å². The molecule has 6 nitrogen and oxygen atoms in total. The quantitative estimate of drug-likeness (QED) is 0.298. The van der Waals surface area contributed by atoms with Gasteiger partial charge in [0, 0.05) is 72.9 Å². The van der Waals surface area contributed by atoms with Crippen LogP contribution in [0.25, 0.3) is 0 Å². The summed E-state index contributed by atoms with van der Waals surface area (Å²) in [6.07, 6.45) is 3.59. The highest BCUT2D eigenvalue weighted by atomic mass is 16.3. The number of likely N-dealkylation sites (N-methyl/N-ethyl adjacent to an activating group) is 2. The van der Waals surface area contributed by atoms with Gasteiger partial charge in [0.2, 0.25) is 0 Å². The fraction of sp³-hybridized carbons (Fsp3) is 0.588. The number of hydrogen-bond donors (Lipinski definition) is 2. The molecule has 222 valence electrons. The van der Waals surface area contributed by atoms with Gasteiger partial charge in [0.05, 0.1) is 0 Å². The van der Waals surface area contributed by atoms with Crippen molar-refractivity contribution in [1.29, 1.82) is 0 Å². The molecule has 0 amide bonds. The Morgan fingerprint density at radius 2 is 0.975 bits per heavy atom. The number of phenols is 2. The zero-order valence-electron chi connectivity index (χ0n) is 27.1. The molecule has 6 heteroatoms. The molecule has 0 heterocycles. The van der Waals surface area contributed by atoms with Crippen LogP contribution in [0.3, 0.4) is 0 Å². The predicted octanol–water partition coefficient (Wildman–Crippen LogP) is 6.91. The van der Waals surface area contributed by atoms with Crippen molar-refractivity contribution >= 4 is 12.4 Å². The second-order valence-electron chi connectivity index (χ2n) is 13.9. The Morgan fingerprint density at radius 1 is 0.650 bits per heavy atom. The zero-order chi connectivity index (χ0) is 30.4. The summed E-state index contributed by atoms with van der Waals surface area (Å²) in [6, 6.07) is 8.69. The lowest BCUT2D eigenvalue weighted by Crippen LogP contribution is -2.30. The Labute approximate surface area is 243 Å². The van der Waals surface area contributed by atoms with E-state index in [0.29, 0.717) is 24.6 Å². The van der Waals surface area contributed by atoms with Crippen LogP contribution < -0.4 is 0 Å². The fourth-order valence-electron chi connectivity index (χ4n) is 4.28. The number of aliphatic imine (C=N–C) groups is 2. The number of benzene rings is 2. The summed E-state index contributed by atoms with van der Waals surface area (Å²) in [5.41, 5.74) is 5.65. The van der Waals surface area contributed by atoms with E-state index in [4.69, 9.17) is 0 Å². The Kier molecular flexibility index (Phi) is 11.5. The summed E-state index contributed by atoms with van der Waals surface area (Å²) in [5, 5.41) is 22.1. The van der Waals surface area contributed by atoms with Gasteiger partial charge in [0.25, 0.3) is 0 Å². The molecule has 0 aliphatic carbocycles. The van der Waals surface area contributed by atoms with E-state index in [1.165, 1.54) is 11.1 Å².